The molecule has 0 aliphatic heterocycles. The summed E-state index contributed by atoms with van der Waals surface area (Å²) in [5.41, 5.74) is 4.02. The van der Waals surface area contributed by atoms with Crippen molar-refractivity contribution >= 4 is 34.1 Å². The number of amides is 1. The zero-order valence-corrected chi connectivity index (χ0v) is 17.4. The van der Waals surface area contributed by atoms with Crippen LogP contribution in [0.5, 0.6) is 0 Å². The molecule has 0 spiro atoms. The summed E-state index contributed by atoms with van der Waals surface area (Å²) in [6.45, 7) is 3.66. The zero-order chi connectivity index (χ0) is 21.3. The highest BCUT2D eigenvalue weighted by Crippen LogP contribution is 2.27. The van der Waals surface area contributed by atoms with Gasteiger partial charge in [-0.15, -0.1) is 0 Å². The second-order valence-electron chi connectivity index (χ2n) is 7.14. The topological polar surface area (TPSA) is 64.0 Å². The minimum Gasteiger partial charge on any atom is -0.326 e. The number of carbonyl (C=O) groups is 1. The van der Waals surface area contributed by atoms with Gasteiger partial charge in [-0.2, -0.15) is 0 Å². The first-order valence-corrected chi connectivity index (χ1v) is 9.93. The Morgan fingerprint density at radius 3 is 2.50 bits per heavy atom. The molecule has 0 fully saturated rings. The summed E-state index contributed by atoms with van der Waals surface area (Å²) < 4.78 is 1.64. The molecule has 0 atom stereocenters. The maximum Gasteiger partial charge on any atom is 0.261 e. The highest BCUT2D eigenvalue weighted by Gasteiger charge is 2.11. The molecule has 0 saturated heterocycles. The quantitative estimate of drug-likeness (QED) is 0.506. The molecule has 0 bridgehead atoms. The standard InChI is InChI=1S/C24H20ClN3O2/c1-15-26-23-12-11-19(27-16(2)29)13-21(23)24(30)28(15)14-17-7-9-18(10-8-17)20-5-3-4-6-22(20)25/h3-13H,14H2,1-2H3,(H,27,29). The van der Waals surface area contributed by atoms with Crippen molar-refractivity contribution in [3.63, 3.8) is 0 Å². The van der Waals surface area contributed by atoms with Crippen LogP contribution in [-0.4, -0.2) is 15.5 Å². The number of carbonyl (C=O) groups excluding carboxylic acids is 1. The van der Waals surface area contributed by atoms with Gasteiger partial charge >= 0.3 is 0 Å². The molecule has 0 aliphatic rings. The molecular weight excluding hydrogens is 398 g/mol. The van der Waals surface area contributed by atoms with Crippen molar-refractivity contribution in [3.8, 4) is 11.1 Å². The van der Waals surface area contributed by atoms with Crippen molar-refractivity contribution in [3.05, 3.63) is 93.5 Å². The summed E-state index contributed by atoms with van der Waals surface area (Å²) in [7, 11) is 0. The second-order valence-corrected chi connectivity index (χ2v) is 7.55. The number of benzene rings is 3. The van der Waals surface area contributed by atoms with Gasteiger partial charge in [0.2, 0.25) is 5.91 Å². The smallest absolute Gasteiger partial charge is 0.261 e. The second kappa shape index (κ2) is 8.13. The van der Waals surface area contributed by atoms with Crippen LogP contribution >= 0.6 is 11.6 Å². The molecule has 30 heavy (non-hydrogen) atoms. The Balaban J connectivity index is 1.68. The highest BCUT2D eigenvalue weighted by atomic mass is 35.5. The summed E-state index contributed by atoms with van der Waals surface area (Å²) in [5.74, 6) is 0.448. The van der Waals surface area contributed by atoms with Gasteiger partial charge in [0.15, 0.2) is 0 Å². The van der Waals surface area contributed by atoms with Crippen LogP contribution < -0.4 is 10.9 Å². The van der Waals surface area contributed by atoms with Crippen molar-refractivity contribution < 1.29 is 4.79 Å². The fourth-order valence-corrected chi connectivity index (χ4v) is 3.71. The molecule has 0 radical (unpaired) electrons. The van der Waals surface area contributed by atoms with Gasteiger partial charge in [-0.3, -0.25) is 14.2 Å². The lowest BCUT2D eigenvalue weighted by atomic mass is 10.0. The Hall–Kier alpha value is -3.44. The molecule has 5 nitrogen and oxygen atoms in total. The van der Waals surface area contributed by atoms with Gasteiger partial charge in [0.05, 0.1) is 17.4 Å². The van der Waals surface area contributed by atoms with Gasteiger partial charge in [-0.1, -0.05) is 54.1 Å². The molecule has 4 rings (SSSR count). The number of nitrogens with one attached hydrogen (secondary N) is 1. The fraction of sp³-hybridized carbons (Fsp3) is 0.125. The monoisotopic (exact) mass is 417 g/mol. The first-order chi connectivity index (χ1) is 14.4. The molecule has 0 aliphatic carbocycles. The SMILES string of the molecule is CC(=O)Nc1ccc2nc(C)n(Cc3ccc(-c4ccccc4Cl)cc3)c(=O)c2c1. The summed E-state index contributed by atoms with van der Waals surface area (Å²) in [6.07, 6.45) is 0. The van der Waals surface area contributed by atoms with Gasteiger partial charge in [0.25, 0.3) is 5.56 Å². The fourth-order valence-electron chi connectivity index (χ4n) is 3.47. The van der Waals surface area contributed by atoms with Crippen molar-refractivity contribution in [1.82, 2.24) is 9.55 Å². The normalized spacial score (nSPS) is 10.9. The maximum atomic E-state index is 13.1. The number of rotatable bonds is 4. The molecule has 3 aromatic carbocycles. The lowest BCUT2D eigenvalue weighted by molar-refractivity contribution is -0.114. The van der Waals surface area contributed by atoms with Gasteiger partial charge in [-0.05, 0) is 42.3 Å². The number of hydrogen-bond donors (Lipinski definition) is 1. The van der Waals surface area contributed by atoms with Crippen LogP contribution in [0.3, 0.4) is 0 Å². The van der Waals surface area contributed by atoms with Crippen molar-refractivity contribution in [2.75, 3.05) is 5.32 Å². The minimum absolute atomic E-state index is 0.139. The number of fused-ring (bicyclic) bond motifs is 1. The Kier molecular flexibility index (Phi) is 5.38. The first-order valence-electron chi connectivity index (χ1n) is 9.55. The third kappa shape index (κ3) is 3.98. The van der Waals surface area contributed by atoms with E-state index in [4.69, 9.17) is 11.6 Å². The van der Waals surface area contributed by atoms with Crippen molar-refractivity contribution in [1.29, 1.82) is 0 Å². The van der Waals surface area contributed by atoms with E-state index in [1.165, 1.54) is 6.92 Å². The highest BCUT2D eigenvalue weighted by molar-refractivity contribution is 6.33. The average Bonchev–Trinajstić information content (AvgIpc) is 2.72. The number of aryl methyl sites for hydroxylation is 1. The van der Waals surface area contributed by atoms with E-state index in [0.29, 0.717) is 34.0 Å². The van der Waals surface area contributed by atoms with Gasteiger partial charge in [-0.25, -0.2) is 4.98 Å². The van der Waals surface area contributed by atoms with E-state index in [1.54, 1.807) is 22.8 Å². The predicted molar refractivity (Wildman–Crippen MR) is 121 cm³/mol. The largest absolute Gasteiger partial charge is 0.326 e. The Labute approximate surface area is 179 Å². The number of hydrogen-bond acceptors (Lipinski definition) is 3. The van der Waals surface area contributed by atoms with Crippen LogP contribution in [-0.2, 0) is 11.3 Å². The van der Waals surface area contributed by atoms with E-state index in [-0.39, 0.29) is 11.5 Å². The van der Waals surface area contributed by atoms with Gasteiger partial charge in [0, 0.05) is 23.2 Å². The molecule has 4 aromatic rings. The van der Waals surface area contributed by atoms with E-state index in [2.05, 4.69) is 10.3 Å². The summed E-state index contributed by atoms with van der Waals surface area (Å²) in [4.78, 5) is 29.0. The van der Waals surface area contributed by atoms with Crippen LogP contribution in [0.1, 0.15) is 18.3 Å². The van der Waals surface area contributed by atoms with E-state index < -0.39 is 0 Å². The Bertz CT molecular complexity index is 1310. The molecule has 0 saturated carbocycles. The van der Waals surface area contributed by atoms with Gasteiger partial charge in [0.1, 0.15) is 5.82 Å². The first kappa shape index (κ1) is 19.9. The van der Waals surface area contributed by atoms with E-state index in [0.717, 1.165) is 16.7 Å². The molecule has 1 heterocycles. The van der Waals surface area contributed by atoms with Crippen LogP contribution in [0.2, 0.25) is 5.02 Å². The van der Waals surface area contributed by atoms with Gasteiger partial charge < -0.3 is 5.32 Å². The average molecular weight is 418 g/mol. The number of anilines is 1. The lowest BCUT2D eigenvalue weighted by Gasteiger charge is -2.12. The van der Waals surface area contributed by atoms with E-state index >= 15 is 0 Å². The molecule has 150 valence electrons. The zero-order valence-electron chi connectivity index (χ0n) is 16.6. The summed E-state index contributed by atoms with van der Waals surface area (Å²) in [6, 6.07) is 20.8. The third-order valence-electron chi connectivity index (χ3n) is 4.94. The molecule has 1 aromatic heterocycles. The van der Waals surface area contributed by atoms with Crippen LogP contribution in [0.25, 0.3) is 22.0 Å². The van der Waals surface area contributed by atoms with Crippen molar-refractivity contribution in [2.45, 2.75) is 20.4 Å². The maximum absolute atomic E-state index is 13.1. The number of halogens is 1. The number of nitrogens with zero attached hydrogens (tertiary/aromatic N) is 2. The van der Waals surface area contributed by atoms with Crippen LogP contribution in [0, 0.1) is 6.92 Å². The number of aromatic nitrogens is 2. The van der Waals surface area contributed by atoms with E-state index in [1.807, 2.05) is 55.5 Å². The Morgan fingerprint density at radius 1 is 1.07 bits per heavy atom. The summed E-state index contributed by atoms with van der Waals surface area (Å²) in [5, 5.41) is 3.88. The Morgan fingerprint density at radius 2 is 1.80 bits per heavy atom. The molecule has 6 heteroatoms. The molecule has 1 N–H and O–H groups in total. The molecule has 1 amide bonds. The van der Waals surface area contributed by atoms with Crippen molar-refractivity contribution in [2.24, 2.45) is 0 Å². The lowest BCUT2D eigenvalue weighted by Crippen LogP contribution is -2.24. The molecule has 0 unspecified atom stereocenters. The molecular formula is C24H20ClN3O2. The predicted octanol–water partition coefficient (Wildman–Crippen LogP) is 5.03. The van der Waals surface area contributed by atoms with Crippen LogP contribution in [0.4, 0.5) is 5.69 Å². The van der Waals surface area contributed by atoms with Crippen LogP contribution in [0.15, 0.2) is 71.5 Å². The summed E-state index contributed by atoms with van der Waals surface area (Å²) >= 11 is 6.29. The minimum atomic E-state index is -0.187. The van der Waals surface area contributed by atoms with E-state index in [9.17, 15) is 9.59 Å². The third-order valence-corrected chi connectivity index (χ3v) is 5.27.